The number of halogens is 2. The molecule has 0 radical (unpaired) electrons. The minimum Gasteiger partial charge on any atom is -0.338 e. The topological polar surface area (TPSA) is 95.2 Å². The number of anilines is 1. The van der Waals surface area contributed by atoms with Crippen LogP contribution in [0.2, 0.25) is 0 Å². The van der Waals surface area contributed by atoms with Crippen molar-refractivity contribution in [3.05, 3.63) is 78.4 Å². The predicted molar refractivity (Wildman–Crippen MR) is 128 cm³/mol. The first-order valence-electron chi connectivity index (χ1n) is 11.1. The van der Waals surface area contributed by atoms with Crippen LogP contribution in [0.1, 0.15) is 12.8 Å². The van der Waals surface area contributed by atoms with Crippen LogP contribution in [0, 0.1) is 17.6 Å². The standard InChI is InChI=1S/C25H22F2N4O3S/c26-17-6-8-21(27)20(14-17)24-29-22-9-7-18(15-23(22)30-24)28-25(32)16-10-12-31(13-11-16)35(33,34)19-4-2-1-3-5-19/h1-9,14-16H,10-13H2,(H,28,32)(H,29,30). The van der Waals surface area contributed by atoms with Gasteiger partial charge in [-0.15, -0.1) is 0 Å². The third-order valence-electron chi connectivity index (χ3n) is 6.14. The van der Waals surface area contributed by atoms with Crippen molar-refractivity contribution < 1.29 is 22.0 Å². The second-order valence-corrected chi connectivity index (χ2v) is 10.4. The van der Waals surface area contributed by atoms with E-state index in [1.807, 2.05) is 0 Å². The number of H-pyrrole nitrogens is 1. The van der Waals surface area contributed by atoms with Crippen LogP contribution in [-0.2, 0) is 14.8 Å². The molecule has 2 N–H and O–H groups in total. The number of rotatable bonds is 5. The van der Waals surface area contributed by atoms with Crippen LogP contribution < -0.4 is 5.32 Å². The lowest BCUT2D eigenvalue weighted by Gasteiger charge is -2.30. The highest BCUT2D eigenvalue weighted by molar-refractivity contribution is 7.89. The summed E-state index contributed by atoms with van der Waals surface area (Å²) in [5.74, 6) is -1.51. The number of aromatic amines is 1. The first kappa shape index (κ1) is 23.1. The second-order valence-electron chi connectivity index (χ2n) is 8.42. The lowest BCUT2D eigenvalue weighted by atomic mass is 9.97. The van der Waals surface area contributed by atoms with Gasteiger partial charge >= 0.3 is 0 Å². The van der Waals surface area contributed by atoms with E-state index >= 15 is 0 Å². The Morgan fingerprint density at radius 2 is 1.74 bits per heavy atom. The zero-order chi connectivity index (χ0) is 24.6. The van der Waals surface area contributed by atoms with Crippen molar-refractivity contribution in [2.75, 3.05) is 18.4 Å². The molecule has 1 saturated heterocycles. The van der Waals surface area contributed by atoms with Gasteiger partial charge in [0.05, 0.1) is 21.5 Å². The minimum atomic E-state index is -3.58. The third-order valence-corrected chi connectivity index (χ3v) is 8.05. The van der Waals surface area contributed by atoms with E-state index in [4.69, 9.17) is 0 Å². The van der Waals surface area contributed by atoms with Gasteiger partial charge in [-0.3, -0.25) is 4.79 Å². The first-order valence-corrected chi connectivity index (χ1v) is 12.6. The van der Waals surface area contributed by atoms with Gasteiger partial charge in [-0.25, -0.2) is 22.2 Å². The maximum atomic E-state index is 14.1. The molecule has 180 valence electrons. The van der Waals surface area contributed by atoms with Crippen molar-refractivity contribution in [3.8, 4) is 11.4 Å². The molecule has 3 aromatic carbocycles. The number of nitrogens with zero attached hydrogens (tertiary/aromatic N) is 2. The van der Waals surface area contributed by atoms with Crippen molar-refractivity contribution in [3.63, 3.8) is 0 Å². The van der Waals surface area contributed by atoms with E-state index in [2.05, 4.69) is 15.3 Å². The SMILES string of the molecule is O=C(Nc1ccc2nc(-c3cc(F)ccc3F)[nH]c2c1)C1CCN(S(=O)(=O)c2ccccc2)CC1. The highest BCUT2D eigenvalue weighted by atomic mass is 32.2. The zero-order valence-electron chi connectivity index (χ0n) is 18.5. The number of nitrogens with one attached hydrogen (secondary N) is 2. The molecule has 1 aliphatic heterocycles. The Hall–Kier alpha value is -3.63. The highest BCUT2D eigenvalue weighted by Gasteiger charge is 2.32. The molecule has 0 aliphatic carbocycles. The smallest absolute Gasteiger partial charge is 0.243 e. The predicted octanol–water partition coefficient (Wildman–Crippen LogP) is 4.55. The Labute approximate surface area is 200 Å². The van der Waals surface area contributed by atoms with Crippen molar-refractivity contribution in [1.29, 1.82) is 0 Å². The zero-order valence-corrected chi connectivity index (χ0v) is 19.4. The van der Waals surface area contributed by atoms with Crippen LogP contribution in [0.25, 0.3) is 22.4 Å². The summed E-state index contributed by atoms with van der Waals surface area (Å²) >= 11 is 0. The average Bonchev–Trinajstić information content (AvgIpc) is 3.29. The largest absolute Gasteiger partial charge is 0.338 e. The molecule has 0 unspecified atom stereocenters. The van der Waals surface area contributed by atoms with Gasteiger partial charge in [0, 0.05) is 24.7 Å². The number of benzene rings is 3. The molecule has 0 bridgehead atoms. The lowest BCUT2D eigenvalue weighted by molar-refractivity contribution is -0.120. The molecule has 5 rings (SSSR count). The fourth-order valence-electron chi connectivity index (χ4n) is 4.24. The average molecular weight is 497 g/mol. The molecule has 1 fully saturated rings. The van der Waals surface area contributed by atoms with E-state index in [9.17, 15) is 22.0 Å². The molecule has 1 aromatic heterocycles. The Morgan fingerprint density at radius 3 is 2.49 bits per heavy atom. The lowest BCUT2D eigenvalue weighted by Crippen LogP contribution is -2.41. The summed E-state index contributed by atoms with van der Waals surface area (Å²) in [6.45, 7) is 0.523. The molecule has 35 heavy (non-hydrogen) atoms. The minimum absolute atomic E-state index is 0.0176. The normalized spacial score (nSPS) is 15.4. The second kappa shape index (κ2) is 9.20. The van der Waals surface area contributed by atoms with Crippen LogP contribution in [0.3, 0.4) is 0 Å². The molecule has 1 amide bonds. The number of carbonyl (C=O) groups excluding carboxylic acids is 1. The fraction of sp³-hybridized carbons (Fsp3) is 0.200. The Bertz CT molecular complexity index is 1500. The molecule has 0 spiro atoms. The highest BCUT2D eigenvalue weighted by Crippen LogP contribution is 2.27. The van der Waals surface area contributed by atoms with E-state index in [1.165, 1.54) is 4.31 Å². The van der Waals surface area contributed by atoms with Crippen LogP contribution in [0.5, 0.6) is 0 Å². The number of fused-ring (bicyclic) bond motifs is 1. The molecule has 0 atom stereocenters. The van der Waals surface area contributed by atoms with Crippen molar-refractivity contribution in [2.24, 2.45) is 5.92 Å². The number of imidazole rings is 1. The summed E-state index contributed by atoms with van der Waals surface area (Å²) in [4.78, 5) is 20.4. The molecule has 4 aromatic rings. The maximum absolute atomic E-state index is 14.1. The van der Waals surface area contributed by atoms with Crippen molar-refractivity contribution >= 4 is 32.7 Å². The molecule has 1 aliphatic rings. The van der Waals surface area contributed by atoms with E-state index in [0.29, 0.717) is 29.6 Å². The van der Waals surface area contributed by atoms with Gasteiger partial charge in [-0.1, -0.05) is 18.2 Å². The van der Waals surface area contributed by atoms with Gasteiger partial charge in [0.2, 0.25) is 15.9 Å². The first-order chi connectivity index (χ1) is 16.8. The molecule has 2 heterocycles. The number of amides is 1. The number of carbonyl (C=O) groups is 1. The van der Waals surface area contributed by atoms with Crippen LogP contribution in [0.15, 0.2) is 71.6 Å². The van der Waals surface area contributed by atoms with Gasteiger partial charge in [0.15, 0.2) is 0 Å². The molecular formula is C25H22F2N4O3S. The summed E-state index contributed by atoms with van der Waals surface area (Å²) in [7, 11) is -3.58. The molecular weight excluding hydrogens is 474 g/mol. The van der Waals surface area contributed by atoms with Crippen LogP contribution in [-0.4, -0.2) is 41.7 Å². The quantitative estimate of drug-likeness (QED) is 0.424. The van der Waals surface area contributed by atoms with Gasteiger partial charge in [-0.2, -0.15) is 4.31 Å². The summed E-state index contributed by atoms with van der Waals surface area (Å²) in [6.07, 6.45) is 0.820. The van der Waals surface area contributed by atoms with Crippen molar-refractivity contribution in [1.82, 2.24) is 14.3 Å². The van der Waals surface area contributed by atoms with E-state index in [-0.39, 0.29) is 41.2 Å². The number of hydrogen-bond acceptors (Lipinski definition) is 4. The van der Waals surface area contributed by atoms with Crippen LogP contribution >= 0.6 is 0 Å². The molecule has 10 heteroatoms. The third kappa shape index (κ3) is 4.67. The number of hydrogen-bond donors (Lipinski definition) is 2. The van der Waals surface area contributed by atoms with Gasteiger partial charge in [0.1, 0.15) is 17.5 Å². The Kier molecular flexibility index (Phi) is 6.08. The van der Waals surface area contributed by atoms with Gasteiger partial charge in [0.25, 0.3) is 0 Å². The Morgan fingerprint density at radius 1 is 1.00 bits per heavy atom. The molecule has 7 nitrogen and oxygen atoms in total. The van der Waals surface area contributed by atoms with E-state index in [0.717, 1.165) is 18.2 Å². The monoisotopic (exact) mass is 496 g/mol. The summed E-state index contributed by atoms with van der Waals surface area (Å²) in [5.41, 5.74) is 1.65. The van der Waals surface area contributed by atoms with Gasteiger partial charge < -0.3 is 10.3 Å². The van der Waals surface area contributed by atoms with E-state index in [1.54, 1.807) is 48.5 Å². The van der Waals surface area contributed by atoms with Gasteiger partial charge in [-0.05, 0) is 61.4 Å². The summed E-state index contributed by atoms with van der Waals surface area (Å²) in [5, 5.41) is 2.87. The van der Waals surface area contributed by atoms with Crippen LogP contribution in [0.4, 0.5) is 14.5 Å². The summed E-state index contributed by atoms with van der Waals surface area (Å²) in [6, 6.07) is 16.4. The van der Waals surface area contributed by atoms with Crippen molar-refractivity contribution in [2.45, 2.75) is 17.7 Å². The fourth-order valence-corrected chi connectivity index (χ4v) is 5.73. The number of piperidine rings is 1. The summed E-state index contributed by atoms with van der Waals surface area (Å²) < 4.78 is 54.7. The number of sulfonamides is 1. The maximum Gasteiger partial charge on any atom is 0.243 e. The molecule has 0 saturated carbocycles. The number of aromatic nitrogens is 2. The van der Waals surface area contributed by atoms with E-state index < -0.39 is 21.7 Å². The Balaban J connectivity index is 1.26.